The molecule has 1 aliphatic rings. The molecule has 0 amide bonds. The molecule has 0 bridgehead atoms. The standard InChI is InChI=1S/C33H32N2O10/c1-4-5-10-25-31(23-16-34-30(41-3)15-27(23)42-17-19-8-6-7-9-22(19)33(38)39)24(35-45-25)12-21(32(36)37)11-20-13-28-29(44-18-43-28)14-26(20)40-2/h6-9,12-16H,4-5,10-11,17-18H2,1-3H3,(H,36,37)(H,38,39). The van der Waals surface area contributed by atoms with Gasteiger partial charge in [0.2, 0.25) is 12.7 Å². The second-order valence-corrected chi connectivity index (χ2v) is 10.1. The Morgan fingerprint density at radius 1 is 1.00 bits per heavy atom. The summed E-state index contributed by atoms with van der Waals surface area (Å²) in [6.45, 7) is 2.05. The minimum atomic E-state index is -1.16. The van der Waals surface area contributed by atoms with Gasteiger partial charge in [0, 0.05) is 53.4 Å². The number of hydrogen-bond acceptors (Lipinski definition) is 10. The van der Waals surface area contributed by atoms with Gasteiger partial charge < -0.3 is 38.4 Å². The average Bonchev–Trinajstić information content (AvgIpc) is 3.68. The van der Waals surface area contributed by atoms with Crippen LogP contribution in [-0.2, 0) is 24.2 Å². The average molecular weight is 617 g/mol. The topological polar surface area (TPSA) is 160 Å². The van der Waals surface area contributed by atoms with E-state index in [2.05, 4.69) is 10.1 Å². The Bertz CT molecular complexity index is 1740. The quantitative estimate of drug-likeness (QED) is 0.164. The number of ether oxygens (including phenoxy) is 5. The van der Waals surface area contributed by atoms with E-state index in [0.29, 0.717) is 57.4 Å². The summed E-state index contributed by atoms with van der Waals surface area (Å²) in [5.74, 6) is 0.348. The first-order valence-corrected chi connectivity index (χ1v) is 14.2. The van der Waals surface area contributed by atoms with Crippen molar-refractivity contribution in [2.24, 2.45) is 0 Å². The van der Waals surface area contributed by atoms with Crippen LogP contribution in [0.4, 0.5) is 0 Å². The molecule has 2 N–H and O–H groups in total. The number of unbranched alkanes of at least 4 members (excludes halogenated alkanes) is 1. The first kappa shape index (κ1) is 30.9. The molecule has 12 heteroatoms. The van der Waals surface area contributed by atoms with E-state index in [-0.39, 0.29) is 42.5 Å². The lowest BCUT2D eigenvalue weighted by atomic mass is 9.97. The highest BCUT2D eigenvalue weighted by molar-refractivity contribution is 5.94. The summed E-state index contributed by atoms with van der Waals surface area (Å²) in [5.41, 5.74) is 2.43. The normalized spacial score (nSPS) is 12.2. The van der Waals surface area contributed by atoms with Gasteiger partial charge in [-0.1, -0.05) is 36.7 Å². The first-order chi connectivity index (χ1) is 21.8. The van der Waals surface area contributed by atoms with E-state index in [1.165, 1.54) is 32.6 Å². The molecule has 1 aliphatic heterocycles. The van der Waals surface area contributed by atoms with Gasteiger partial charge >= 0.3 is 11.9 Å². The minimum Gasteiger partial charge on any atom is -0.496 e. The van der Waals surface area contributed by atoms with Crippen LogP contribution in [0.2, 0.25) is 0 Å². The number of benzene rings is 2. The molecule has 3 heterocycles. The third-order valence-corrected chi connectivity index (χ3v) is 7.24. The number of carboxylic acids is 2. The highest BCUT2D eigenvalue weighted by Crippen LogP contribution is 2.41. The number of hydrogen-bond donors (Lipinski definition) is 2. The molecule has 0 radical (unpaired) electrons. The van der Waals surface area contributed by atoms with Gasteiger partial charge in [-0.15, -0.1) is 0 Å². The van der Waals surface area contributed by atoms with Crippen molar-refractivity contribution in [3.05, 3.63) is 82.4 Å². The summed E-state index contributed by atoms with van der Waals surface area (Å²) >= 11 is 0. The summed E-state index contributed by atoms with van der Waals surface area (Å²) in [4.78, 5) is 28.7. The Morgan fingerprint density at radius 2 is 1.78 bits per heavy atom. The molecular formula is C33H32N2O10. The Balaban J connectivity index is 1.58. The SMILES string of the molecule is CCCCc1onc(C=C(Cc2cc3c(cc2OC)OCO3)C(=O)O)c1-c1cnc(OC)cc1OCc1ccccc1C(=O)O. The molecule has 45 heavy (non-hydrogen) atoms. The maximum Gasteiger partial charge on any atom is 0.336 e. The summed E-state index contributed by atoms with van der Waals surface area (Å²) in [5, 5.41) is 24.1. The van der Waals surface area contributed by atoms with Crippen LogP contribution >= 0.6 is 0 Å². The third-order valence-electron chi connectivity index (χ3n) is 7.24. The van der Waals surface area contributed by atoms with Crippen LogP contribution in [0.3, 0.4) is 0 Å². The van der Waals surface area contributed by atoms with E-state index in [1.54, 1.807) is 36.4 Å². The number of aromatic carboxylic acids is 1. The summed E-state index contributed by atoms with van der Waals surface area (Å²) < 4.78 is 33.7. The van der Waals surface area contributed by atoms with Crippen LogP contribution in [0, 0.1) is 0 Å². The molecule has 2 aromatic heterocycles. The summed E-state index contributed by atoms with van der Waals surface area (Å²) in [7, 11) is 2.96. The van der Waals surface area contributed by atoms with Gasteiger partial charge in [0.05, 0.1) is 25.3 Å². The summed E-state index contributed by atoms with van der Waals surface area (Å²) in [6, 6.07) is 11.5. The number of nitrogens with zero attached hydrogens (tertiary/aromatic N) is 2. The molecule has 0 atom stereocenters. The lowest BCUT2D eigenvalue weighted by Crippen LogP contribution is -2.07. The van der Waals surface area contributed by atoms with Gasteiger partial charge in [-0.3, -0.25) is 0 Å². The predicted molar refractivity (Wildman–Crippen MR) is 161 cm³/mol. The number of aliphatic carboxylic acids is 1. The maximum atomic E-state index is 12.5. The lowest BCUT2D eigenvalue weighted by Gasteiger charge is -2.14. The van der Waals surface area contributed by atoms with Crippen molar-refractivity contribution in [2.45, 2.75) is 39.2 Å². The largest absolute Gasteiger partial charge is 0.496 e. The fourth-order valence-electron chi connectivity index (χ4n) is 4.93. The van der Waals surface area contributed by atoms with E-state index < -0.39 is 11.9 Å². The van der Waals surface area contributed by atoms with Gasteiger partial charge in [0.15, 0.2) is 11.5 Å². The van der Waals surface area contributed by atoms with Gasteiger partial charge in [0.25, 0.3) is 0 Å². The molecule has 0 saturated carbocycles. The van der Waals surface area contributed by atoms with Crippen LogP contribution in [0.15, 0.2) is 58.8 Å². The van der Waals surface area contributed by atoms with Gasteiger partial charge in [-0.05, 0) is 24.6 Å². The Labute approximate surface area is 258 Å². The smallest absolute Gasteiger partial charge is 0.336 e. The second-order valence-electron chi connectivity index (χ2n) is 10.1. The van der Waals surface area contributed by atoms with Gasteiger partial charge in [-0.2, -0.15) is 0 Å². The molecule has 4 aromatic rings. The fourth-order valence-corrected chi connectivity index (χ4v) is 4.93. The van der Waals surface area contributed by atoms with Gasteiger partial charge in [-0.25, -0.2) is 14.6 Å². The number of methoxy groups -OCH3 is 2. The number of aryl methyl sites for hydroxylation is 1. The summed E-state index contributed by atoms with van der Waals surface area (Å²) in [6.07, 6.45) is 5.18. The maximum absolute atomic E-state index is 12.5. The number of carboxylic acid groups (broad SMARTS) is 2. The number of pyridine rings is 1. The molecule has 234 valence electrons. The van der Waals surface area contributed by atoms with Gasteiger partial charge in [0.1, 0.15) is 29.6 Å². The Morgan fingerprint density at radius 3 is 2.49 bits per heavy atom. The third kappa shape index (κ3) is 6.85. The van der Waals surface area contributed by atoms with Crippen molar-refractivity contribution in [1.29, 1.82) is 0 Å². The molecule has 0 spiro atoms. The molecule has 12 nitrogen and oxygen atoms in total. The van der Waals surface area contributed by atoms with Crippen LogP contribution in [0.5, 0.6) is 28.9 Å². The van der Waals surface area contributed by atoms with Crippen molar-refractivity contribution in [3.8, 4) is 40.0 Å². The van der Waals surface area contributed by atoms with Crippen LogP contribution < -0.4 is 23.7 Å². The number of rotatable bonds is 14. The second kappa shape index (κ2) is 13.8. The molecular weight excluding hydrogens is 584 g/mol. The highest BCUT2D eigenvalue weighted by Gasteiger charge is 2.25. The minimum absolute atomic E-state index is 0.0120. The first-order valence-electron chi connectivity index (χ1n) is 14.2. The van der Waals surface area contributed by atoms with Crippen LogP contribution in [0.25, 0.3) is 17.2 Å². The number of carbonyl (C=O) groups is 2. The van der Waals surface area contributed by atoms with Crippen molar-refractivity contribution in [1.82, 2.24) is 10.1 Å². The van der Waals surface area contributed by atoms with Crippen LogP contribution in [-0.4, -0.2) is 53.3 Å². The van der Waals surface area contributed by atoms with Crippen molar-refractivity contribution in [2.75, 3.05) is 21.0 Å². The predicted octanol–water partition coefficient (Wildman–Crippen LogP) is 5.81. The number of aromatic nitrogens is 2. The van der Waals surface area contributed by atoms with Crippen LogP contribution in [0.1, 0.15) is 52.7 Å². The lowest BCUT2D eigenvalue weighted by molar-refractivity contribution is -0.132. The number of fused-ring (bicyclic) bond motifs is 1. The molecule has 0 aliphatic carbocycles. The van der Waals surface area contributed by atoms with E-state index >= 15 is 0 Å². The molecule has 0 fully saturated rings. The molecule has 0 unspecified atom stereocenters. The zero-order valence-electron chi connectivity index (χ0n) is 25.0. The zero-order chi connectivity index (χ0) is 31.9. The fraction of sp³-hybridized carbons (Fsp3) is 0.273. The highest BCUT2D eigenvalue weighted by atomic mass is 16.7. The van der Waals surface area contributed by atoms with E-state index in [1.807, 2.05) is 6.92 Å². The molecule has 2 aromatic carbocycles. The van der Waals surface area contributed by atoms with E-state index in [4.69, 9.17) is 28.2 Å². The van der Waals surface area contributed by atoms with Crippen molar-refractivity contribution < 1.29 is 48.0 Å². The molecule has 5 rings (SSSR count). The van der Waals surface area contributed by atoms with Crippen molar-refractivity contribution >= 4 is 18.0 Å². The van der Waals surface area contributed by atoms with Crippen molar-refractivity contribution in [3.63, 3.8) is 0 Å². The Kier molecular flexibility index (Phi) is 9.51. The molecule has 0 saturated heterocycles. The zero-order valence-corrected chi connectivity index (χ0v) is 25.0. The van der Waals surface area contributed by atoms with E-state index in [0.717, 1.165) is 12.8 Å². The monoisotopic (exact) mass is 616 g/mol. The Hall–Kier alpha value is -5.52. The van der Waals surface area contributed by atoms with E-state index in [9.17, 15) is 19.8 Å².